The van der Waals surface area contributed by atoms with Gasteiger partial charge in [0.05, 0.1) is 5.56 Å². The fourth-order valence-electron chi connectivity index (χ4n) is 3.20. The molecule has 0 aromatic heterocycles. The maximum atomic E-state index is 11.5. The van der Waals surface area contributed by atoms with Crippen molar-refractivity contribution in [1.82, 2.24) is 0 Å². The van der Waals surface area contributed by atoms with Crippen LogP contribution in [0.15, 0.2) is 30.4 Å². The highest BCUT2D eigenvalue weighted by Crippen LogP contribution is 2.38. The fourth-order valence-corrected chi connectivity index (χ4v) is 3.20. The first kappa shape index (κ1) is 10.6. The van der Waals surface area contributed by atoms with Crippen LogP contribution in [0.25, 0.3) is 22.9 Å². The van der Waals surface area contributed by atoms with Gasteiger partial charge in [-0.3, -0.25) is 0 Å². The van der Waals surface area contributed by atoms with Crippen molar-refractivity contribution in [2.24, 2.45) is 0 Å². The van der Waals surface area contributed by atoms with E-state index in [2.05, 4.69) is 18.2 Å². The number of carboxylic acids is 1. The molecule has 0 saturated carbocycles. The largest absolute Gasteiger partial charge is 0.478 e. The molecule has 0 heterocycles. The molecule has 2 nitrogen and oxygen atoms in total. The van der Waals surface area contributed by atoms with Crippen LogP contribution in [0.3, 0.4) is 0 Å². The molecule has 0 bridgehead atoms. The normalized spacial score (nSPS) is 14.9. The van der Waals surface area contributed by atoms with Gasteiger partial charge in [-0.2, -0.15) is 0 Å². The summed E-state index contributed by atoms with van der Waals surface area (Å²) in [5.41, 5.74) is 4.84. The van der Waals surface area contributed by atoms with Crippen LogP contribution in [-0.4, -0.2) is 11.1 Å². The lowest BCUT2D eigenvalue weighted by molar-refractivity contribution is 0.0697. The molecule has 1 N–H and O–H groups in total. The smallest absolute Gasteiger partial charge is 0.336 e. The van der Waals surface area contributed by atoms with E-state index in [4.69, 9.17) is 0 Å². The Labute approximate surface area is 110 Å². The molecular formula is C17H12O2. The van der Waals surface area contributed by atoms with Gasteiger partial charge in [-0.15, -0.1) is 0 Å². The number of rotatable bonds is 1. The van der Waals surface area contributed by atoms with Gasteiger partial charge in [-0.1, -0.05) is 36.4 Å². The maximum absolute atomic E-state index is 11.5. The zero-order valence-electron chi connectivity index (χ0n) is 10.3. The highest BCUT2D eigenvalue weighted by molar-refractivity contribution is 6.09. The van der Waals surface area contributed by atoms with Gasteiger partial charge in [0.25, 0.3) is 0 Å². The minimum absolute atomic E-state index is 0.406. The van der Waals surface area contributed by atoms with Crippen molar-refractivity contribution in [2.75, 3.05) is 0 Å². The highest BCUT2D eigenvalue weighted by atomic mass is 16.4. The van der Waals surface area contributed by atoms with Crippen LogP contribution in [-0.2, 0) is 12.8 Å². The summed E-state index contributed by atoms with van der Waals surface area (Å²) in [5, 5.41) is 11.8. The lowest BCUT2D eigenvalue weighted by Crippen LogP contribution is -2.07. The summed E-state index contributed by atoms with van der Waals surface area (Å²) in [6.07, 6.45) is 9.96. The van der Waals surface area contributed by atoms with Gasteiger partial charge in [0.15, 0.2) is 0 Å². The third-order valence-electron chi connectivity index (χ3n) is 4.01. The summed E-state index contributed by atoms with van der Waals surface area (Å²) in [5.74, 6) is -0.852. The lowest BCUT2D eigenvalue weighted by Gasteiger charge is -2.21. The fraction of sp³-hybridized carbons (Fsp3) is 0.118. The van der Waals surface area contributed by atoms with Gasteiger partial charge < -0.3 is 5.11 Å². The molecule has 0 unspecified atom stereocenters. The van der Waals surface area contributed by atoms with E-state index < -0.39 is 5.97 Å². The van der Waals surface area contributed by atoms with Crippen LogP contribution < -0.4 is 0 Å². The van der Waals surface area contributed by atoms with Gasteiger partial charge in [0, 0.05) is 0 Å². The molecule has 0 fully saturated rings. The minimum Gasteiger partial charge on any atom is -0.478 e. The number of carbonyl (C=O) groups is 1. The molecule has 0 aliphatic heterocycles. The number of hydrogen-bond donors (Lipinski definition) is 1. The van der Waals surface area contributed by atoms with Gasteiger partial charge in [0.2, 0.25) is 0 Å². The quantitative estimate of drug-likeness (QED) is 0.835. The van der Waals surface area contributed by atoms with Gasteiger partial charge >= 0.3 is 5.97 Å². The van der Waals surface area contributed by atoms with E-state index >= 15 is 0 Å². The Balaban J connectivity index is 2.27. The Morgan fingerprint density at radius 2 is 1.68 bits per heavy atom. The predicted octanol–water partition coefficient (Wildman–Crippen LogP) is 3.68. The average Bonchev–Trinajstić information content (AvgIpc) is 2.44. The van der Waals surface area contributed by atoms with Crippen LogP contribution in [0.1, 0.15) is 32.6 Å². The summed E-state index contributed by atoms with van der Waals surface area (Å²) in [7, 11) is 0. The van der Waals surface area contributed by atoms with Crippen molar-refractivity contribution in [1.29, 1.82) is 0 Å². The van der Waals surface area contributed by atoms with E-state index in [0.29, 0.717) is 5.56 Å². The maximum Gasteiger partial charge on any atom is 0.336 e. The van der Waals surface area contributed by atoms with Crippen molar-refractivity contribution in [3.05, 3.63) is 58.2 Å². The molecular weight excluding hydrogens is 236 g/mol. The van der Waals surface area contributed by atoms with Crippen molar-refractivity contribution < 1.29 is 9.90 Å². The van der Waals surface area contributed by atoms with E-state index in [1.807, 2.05) is 18.2 Å². The second-order valence-corrected chi connectivity index (χ2v) is 5.08. The molecule has 0 radical (unpaired) electrons. The molecule has 2 aliphatic carbocycles. The summed E-state index contributed by atoms with van der Waals surface area (Å²) in [4.78, 5) is 11.5. The zero-order chi connectivity index (χ0) is 13.0. The van der Waals surface area contributed by atoms with E-state index in [0.717, 1.165) is 29.4 Å². The van der Waals surface area contributed by atoms with Crippen LogP contribution >= 0.6 is 0 Å². The molecule has 0 amide bonds. The molecule has 2 aromatic rings. The SMILES string of the molecule is O=C(O)c1cc2c3c(ccc4c3c1C=CC4)CC=C2. The number of carboxylic acid groups (broad SMARTS) is 1. The van der Waals surface area contributed by atoms with E-state index in [1.54, 1.807) is 6.07 Å². The Hall–Kier alpha value is -2.35. The second-order valence-electron chi connectivity index (χ2n) is 5.08. The number of hydrogen-bond acceptors (Lipinski definition) is 1. The Morgan fingerprint density at radius 1 is 1.00 bits per heavy atom. The Morgan fingerprint density at radius 3 is 2.42 bits per heavy atom. The molecule has 19 heavy (non-hydrogen) atoms. The summed E-state index contributed by atoms with van der Waals surface area (Å²) in [6.45, 7) is 0. The topological polar surface area (TPSA) is 37.3 Å². The minimum atomic E-state index is -0.852. The van der Waals surface area contributed by atoms with Gasteiger partial charge in [-0.25, -0.2) is 4.79 Å². The van der Waals surface area contributed by atoms with E-state index in [9.17, 15) is 9.90 Å². The first-order chi connectivity index (χ1) is 9.25. The molecule has 0 spiro atoms. The van der Waals surface area contributed by atoms with Crippen molar-refractivity contribution in [2.45, 2.75) is 12.8 Å². The Bertz CT molecular complexity index is 795. The van der Waals surface area contributed by atoms with Crippen LogP contribution in [0.5, 0.6) is 0 Å². The zero-order valence-corrected chi connectivity index (χ0v) is 10.3. The number of benzene rings is 2. The molecule has 2 aromatic carbocycles. The number of allylic oxidation sites excluding steroid dienone is 2. The molecule has 4 rings (SSSR count). The van der Waals surface area contributed by atoms with Gasteiger partial charge in [-0.05, 0) is 51.9 Å². The van der Waals surface area contributed by atoms with Crippen LogP contribution in [0.4, 0.5) is 0 Å². The van der Waals surface area contributed by atoms with Crippen molar-refractivity contribution in [3.63, 3.8) is 0 Å². The van der Waals surface area contributed by atoms with Crippen molar-refractivity contribution >= 4 is 28.9 Å². The standard InChI is InChI=1S/C17H12O2/c18-17(19)14-9-12-5-1-3-10-7-8-11-4-2-6-13(14)16(11)15(10)12/h1-2,5-9H,3-4H2,(H,18,19). The first-order valence-electron chi connectivity index (χ1n) is 6.43. The summed E-state index contributed by atoms with van der Waals surface area (Å²) in [6, 6.07) is 6.12. The lowest BCUT2D eigenvalue weighted by atomic mass is 9.83. The summed E-state index contributed by atoms with van der Waals surface area (Å²) < 4.78 is 0. The molecule has 0 atom stereocenters. The van der Waals surface area contributed by atoms with Crippen LogP contribution in [0, 0.1) is 0 Å². The molecule has 92 valence electrons. The van der Waals surface area contributed by atoms with Gasteiger partial charge in [0.1, 0.15) is 0 Å². The third-order valence-corrected chi connectivity index (χ3v) is 4.01. The molecule has 2 aliphatic rings. The van der Waals surface area contributed by atoms with E-state index in [-0.39, 0.29) is 0 Å². The number of aromatic carboxylic acids is 1. The first-order valence-corrected chi connectivity index (χ1v) is 6.43. The Kier molecular flexibility index (Phi) is 1.99. The molecule has 0 saturated heterocycles. The van der Waals surface area contributed by atoms with Crippen LogP contribution in [0.2, 0.25) is 0 Å². The monoisotopic (exact) mass is 248 g/mol. The molecule has 2 heteroatoms. The van der Waals surface area contributed by atoms with Crippen molar-refractivity contribution in [3.8, 4) is 0 Å². The highest BCUT2D eigenvalue weighted by Gasteiger charge is 2.21. The third kappa shape index (κ3) is 1.34. The predicted molar refractivity (Wildman–Crippen MR) is 76.4 cm³/mol. The average molecular weight is 248 g/mol. The second kappa shape index (κ2) is 3.58. The van der Waals surface area contributed by atoms with E-state index in [1.165, 1.54) is 16.5 Å². The summed E-state index contributed by atoms with van der Waals surface area (Å²) >= 11 is 0.